The lowest BCUT2D eigenvalue weighted by atomic mass is 10.1. The average Bonchev–Trinajstić information content (AvgIpc) is 2.82. The fourth-order valence-corrected chi connectivity index (χ4v) is 2.36. The molecule has 18 heavy (non-hydrogen) atoms. The van der Waals surface area contributed by atoms with E-state index in [1.807, 2.05) is 36.4 Å². The number of fused-ring (bicyclic) bond motifs is 1. The summed E-state index contributed by atoms with van der Waals surface area (Å²) in [5.74, 6) is 1.63. The number of halogens is 1. The van der Waals surface area contributed by atoms with E-state index in [2.05, 4.69) is 33.8 Å². The van der Waals surface area contributed by atoms with E-state index < -0.39 is 0 Å². The summed E-state index contributed by atoms with van der Waals surface area (Å²) in [6.45, 7) is 0. The van der Waals surface area contributed by atoms with Crippen LogP contribution in [-0.4, -0.2) is 12.3 Å². The van der Waals surface area contributed by atoms with Crippen LogP contribution in [0.2, 0.25) is 0 Å². The molecule has 4 heteroatoms. The van der Waals surface area contributed by atoms with Gasteiger partial charge in [-0.3, -0.25) is 0 Å². The monoisotopic (exact) mass is 351 g/mol. The van der Waals surface area contributed by atoms with Crippen LogP contribution in [0.15, 0.2) is 47.0 Å². The van der Waals surface area contributed by atoms with Crippen molar-refractivity contribution in [2.75, 3.05) is 7.11 Å². The molecule has 0 aliphatic rings. The molecular formula is C14H10INO2. The van der Waals surface area contributed by atoms with E-state index in [-0.39, 0.29) is 0 Å². The maximum absolute atomic E-state index is 5.44. The fourth-order valence-electron chi connectivity index (χ4n) is 1.86. The third-order valence-electron chi connectivity index (χ3n) is 2.79. The molecular weight excluding hydrogens is 341 g/mol. The van der Waals surface area contributed by atoms with Crippen molar-refractivity contribution in [1.82, 2.24) is 5.16 Å². The van der Waals surface area contributed by atoms with Crippen LogP contribution >= 0.6 is 22.6 Å². The van der Waals surface area contributed by atoms with E-state index in [0.29, 0.717) is 0 Å². The maximum Gasteiger partial charge on any atom is 0.174 e. The molecule has 90 valence electrons. The Balaban J connectivity index is 2.15. The Morgan fingerprint density at radius 2 is 1.89 bits per heavy atom. The van der Waals surface area contributed by atoms with Gasteiger partial charge >= 0.3 is 0 Å². The number of rotatable bonds is 2. The number of nitrogens with zero attached hydrogens (tertiary/aromatic N) is 1. The molecule has 3 nitrogen and oxygen atoms in total. The zero-order valence-electron chi connectivity index (χ0n) is 9.68. The van der Waals surface area contributed by atoms with Crippen LogP contribution in [-0.2, 0) is 0 Å². The van der Waals surface area contributed by atoms with Gasteiger partial charge in [-0.1, -0.05) is 5.16 Å². The highest BCUT2D eigenvalue weighted by atomic mass is 127. The summed E-state index contributed by atoms with van der Waals surface area (Å²) in [5, 5.41) is 5.10. The lowest BCUT2D eigenvalue weighted by molar-refractivity contribution is 0.414. The van der Waals surface area contributed by atoms with Crippen LogP contribution in [0.5, 0.6) is 5.75 Å². The third kappa shape index (κ3) is 1.96. The van der Waals surface area contributed by atoms with Crippen LogP contribution in [0.3, 0.4) is 0 Å². The molecule has 0 unspecified atom stereocenters. The van der Waals surface area contributed by atoms with Gasteiger partial charge in [-0.05, 0) is 65.1 Å². The van der Waals surface area contributed by atoms with Gasteiger partial charge in [0.15, 0.2) is 5.76 Å². The number of methoxy groups -OCH3 is 1. The molecule has 0 bridgehead atoms. The third-order valence-corrected chi connectivity index (χ3v) is 3.46. The molecule has 1 heterocycles. The van der Waals surface area contributed by atoms with Gasteiger partial charge in [0.25, 0.3) is 0 Å². The Bertz CT molecular complexity index is 689. The fraction of sp³-hybridized carbons (Fsp3) is 0.0714. The quantitative estimate of drug-likeness (QED) is 0.652. The van der Waals surface area contributed by atoms with Crippen LogP contribution in [0, 0.1) is 3.57 Å². The SMILES string of the molecule is COc1ccc(-c2onc3ccc(I)cc23)cc1. The molecule has 0 amide bonds. The molecule has 3 aromatic rings. The number of ether oxygens (including phenoxy) is 1. The molecule has 0 aliphatic carbocycles. The molecule has 0 aliphatic heterocycles. The number of hydrogen-bond donors (Lipinski definition) is 0. The molecule has 0 saturated carbocycles. The van der Waals surface area contributed by atoms with Crippen LogP contribution in [0.25, 0.3) is 22.2 Å². The highest BCUT2D eigenvalue weighted by molar-refractivity contribution is 14.1. The molecule has 3 rings (SSSR count). The van der Waals surface area contributed by atoms with Crippen molar-refractivity contribution in [3.8, 4) is 17.1 Å². The van der Waals surface area contributed by atoms with Crippen LogP contribution in [0.1, 0.15) is 0 Å². The van der Waals surface area contributed by atoms with Gasteiger partial charge in [0.1, 0.15) is 11.3 Å². The summed E-state index contributed by atoms with van der Waals surface area (Å²) in [7, 11) is 1.65. The maximum atomic E-state index is 5.44. The first-order chi connectivity index (χ1) is 8.78. The van der Waals surface area contributed by atoms with Crippen LogP contribution < -0.4 is 4.74 Å². The zero-order chi connectivity index (χ0) is 12.5. The molecule has 2 aromatic carbocycles. The summed E-state index contributed by atoms with van der Waals surface area (Å²) in [4.78, 5) is 0. The summed E-state index contributed by atoms with van der Waals surface area (Å²) in [6, 6.07) is 13.8. The van der Waals surface area contributed by atoms with E-state index in [0.717, 1.165) is 31.5 Å². The average molecular weight is 351 g/mol. The smallest absolute Gasteiger partial charge is 0.174 e. The largest absolute Gasteiger partial charge is 0.497 e. The van der Waals surface area contributed by atoms with E-state index in [4.69, 9.17) is 9.26 Å². The van der Waals surface area contributed by atoms with E-state index in [1.165, 1.54) is 0 Å². The van der Waals surface area contributed by atoms with Gasteiger partial charge in [-0.25, -0.2) is 0 Å². The Morgan fingerprint density at radius 1 is 1.11 bits per heavy atom. The minimum absolute atomic E-state index is 0.797. The summed E-state index contributed by atoms with van der Waals surface area (Å²) in [5.41, 5.74) is 1.88. The molecule has 0 spiro atoms. The Morgan fingerprint density at radius 3 is 2.61 bits per heavy atom. The van der Waals surface area contributed by atoms with Crippen LogP contribution in [0.4, 0.5) is 0 Å². The van der Waals surface area contributed by atoms with E-state index in [1.54, 1.807) is 7.11 Å². The van der Waals surface area contributed by atoms with Crippen molar-refractivity contribution < 1.29 is 9.26 Å². The summed E-state index contributed by atoms with van der Waals surface area (Å²) in [6.07, 6.45) is 0. The molecule has 0 radical (unpaired) electrons. The summed E-state index contributed by atoms with van der Waals surface area (Å²) >= 11 is 2.28. The Hall–Kier alpha value is -1.56. The van der Waals surface area contributed by atoms with Gasteiger partial charge in [0, 0.05) is 9.13 Å². The minimum atomic E-state index is 0.797. The van der Waals surface area contributed by atoms with Gasteiger partial charge in [0.2, 0.25) is 0 Å². The van der Waals surface area contributed by atoms with Gasteiger partial charge in [0.05, 0.1) is 12.5 Å². The van der Waals surface area contributed by atoms with E-state index in [9.17, 15) is 0 Å². The summed E-state index contributed by atoms with van der Waals surface area (Å²) < 4.78 is 11.7. The van der Waals surface area contributed by atoms with Crippen molar-refractivity contribution >= 4 is 33.5 Å². The standard InChI is InChI=1S/C14H10INO2/c1-17-11-5-2-9(3-6-11)14-12-8-10(15)4-7-13(12)16-18-14/h2-8H,1H3. The van der Waals surface area contributed by atoms with Gasteiger partial charge in [-0.2, -0.15) is 0 Å². The first-order valence-electron chi connectivity index (χ1n) is 5.47. The van der Waals surface area contributed by atoms with E-state index >= 15 is 0 Å². The number of hydrogen-bond acceptors (Lipinski definition) is 3. The molecule has 0 saturated heterocycles. The van der Waals surface area contributed by atoms with Crippen molar-refractivity contribution in [1.29, 1.82) is 0 Å². The number of benzene rings is 2. The predicted molar refractivity (Wildman–Crippen MR) is 78.7 cm³/mol. The highest BCUT2D eigenvalue weighted by Gasteiger charge is 2.10. The highest BCUT2D eigenvalue weighted by Crippen LogP contribution is 2.30. The molecule has 0 atom stereocenters. The topological polar surface area (TPSA) is 35.3 Å². The normalized spacial score (nSPS) is 10.8. The minimum Gasteiger partial charge on any atom is -0.497 e. The second-order valence-electron chi connectivity index (χ2n) is 3.90. The molecule has 0 N–H and O–H groups in total. The second kappa shape index (κ2) is 4.61. The zero-order valence-corrected chi connectivity index (χ0v) is 11.8. The second-order valence-corrected chi connectivity index (χ2v) is 5.15. The first kappa shape index (κ1) is 11.5. The first-order valence-corrected chi connectivity index (χ1v) is 6.55. The number of aromatic nitrogens is 1. The van der Waals surface area contributed by atoms with Crippen molar-refractivity contribution in [2.45, 2.75) is 0 Å². The van der Waals surface area contributed by atoms with Crippen molar-refractivity contribution in [3.63, 3.8) is 0 Å². The van der Waals surface area contributed by atoms with Gasteiger partial charge in [-0.15, -0.1) is 0 Å². The Kier molecular flexibility index (Phi) is 2.95. The predicted octanol–water partition coefficient (Wildman–Crippen LogP) is 4.11. The van der Waals surface area contributed by atoms with Crippen molar-refractivity contribution in [3.05, 3.63) is 46.0 Å². The lowest BCUT2D eigenvalue weighted by Crippen LogP contribution is -1.82. The molecule has 1 aromatic heterocycles. The Labute approximate surface area is 118 Å². The lowest BCUT2D eigenvalue weighted by Gasteiger charge is -2.00. The van der Waals surface area contributed by atoms with Crippen molar-refractivity contribution in [2.24, 2.45) is 0 Å². The molecule has 0 fully saturated rings. The van der Waals surface area contributed by atoms with Gasteiger partial charge < -0.3 is 9.26 Å².